The first-order chi connectivity index (χ1) is 7.34. The Labute approximate surface area is 105 Å². The highest BCUT2D eigenvalue weighted by molar-refractivity contribution is 8.00. The third-order valence-corrected chi connectivity index (χ3v) is 4.50. The Morgan fingerprint density at radius 3 is 2.25 bits per heavy atom. The molecule has 0 aromatic rings. The van der Waals surface area contributed by atoms with Gasteiger partial charge >= 0.3 is 0 Å². The van der Waals surface area contributed by atoms with Crippen LogP contribution >= 0.6 is 11.8 Å². The summed E-state index contributed by atoms with van der Waals surface area (Å²) in [7, 11) is 0. The van der Waals surface area contributed by atoms with Crippen LogP contribution in [0.25, 0.3) is 0 Å². The predicted molar refractivity (Wildman–Crippen MR) is 73.7 cm³/mol. The number of hydrogen-bond donors (Lipinski definition) is 1. The molecule has 16 heavy (non-hydrogen) atoms. The van der Waals surface area contributed by atoms with E-state index in [1.54, 1.807) is 0 Å². The Hall–Kier alpha value is -0.200. The van der Waals surface area contributed by atoms with Gasteiger partial charge in [-0.05, 0) is 25.8 Å². The summed E-state index contributed by atoms with van der Waals surface area (Å²) in [5, 5.41) is 13.6. The Balaban J connectivity index is 4.22. The van der Waals surface area contributed by atoms with Crippen molar-refractivity contribution in [3.63, 3.8) is 0 Å². The van der Waals surface area contributed by atoms with Crippen LogP contribution in [0.2, 0.25) is 0 Å². The highest BCUT2D eigenvalue weighted by atomic mass is 32.2. The summed E-state index contributed by atoms with van der Waals surface area (Å²) >= 11 is 1.98. The maximum atomic E-state index is 9.19. The second-order valence-corrected chi connectivity index (χ2v) is 6.89. The molecule has 0 amide bonds. The Morgan fingerprint density at radius 1 is 1.31 bits per heavy atom. The van der Waals surface area contributed by atoms with Crippen molar-refractivity contribution in [2.75, 3.05) is 6.54 Å². The van der Waals surface area contributed by atoms with E-state index in [1.165, 1.54) is 0 Å². The molecule has 1 N–H and O–H groups in total. The van der Waals surface area contributed by atoms with Crippen LogP contribution in [0.4, 0.5) is 0 Å². The van der Waals surface area contributed by atoms with Gasteiger partial charge in [0.1, 0.15) is 5.54 Å². The maximum absolute atomic E-state index is 9.19. The average Bonchev–Trinajstić information content (AvgIpc) is 2.17. The summed E-state index contributed by atoms with van der Waals surface area (Å²) in [6, 6.07) is 2.39. The molecular weight excluding hydrogens is 216 g/mol. The van der Waals surface area contributed by atoms with Crippen LogP contribution in [0.1, 0.15) is 48.0 Å². The summed E-state index contributed by atoms with van der Waals surface area (Å²) in [4.78, 5) is 0. The molecule has 0 saturated carbocycles. The van der Waals surface area contributed by atoms with Crippen LogP contribution in [0.5, 0.6) is 0 Å². The van der Waals surface area contributed by atoms with Crippen molar-refractivity contribution >= 4 is 11.8 Å². The number of nitrogens with zero attached hydrogens (tertiary/aromatic N) is 1. The Kier molecular flexibility index (Phi) is 7.10. The van der Waals surface area contributed by atoms with Crippen molar-refractivity contribution in [1.82, 2.24) is 5.32 Å². The van der Waals surface area contributed by atoms with Crippen molar-refractivity contribution in [1.29, 1.82) is 5.26 Å². The SMILES string of the molecule is CCNC(C)(C#N)CC(C)SC(C)C(C)C. The molecule has 0 aromatic heterocycles. The van der Waals surface area contributed by atoms with E-state index in [9.17, 15) is 5.26 Å². The van der Waals surface area contributed by atoms with E-state index in [-0.39, 0.29) is 5.54 Å². The predicted octanol–water partition coefficient (Wildman–Crippen LogP) is 3.43. The van der Waals surface area contributed by atoms with Crippen molar-refractivity contribution in [2.24, 2.45) is 5.92 Å². The van der Waals surface area contributed by atoms with E-state index in [0.717, 1.165) is 13.0 Å². The van der Waals surface area contributed by atoms with Gasteiger partial charge in [0.25, 0.3) is 0 Å². The van der Waals surface area contributed by atoms with Crippen molar-refractivity contribution in [3.8, 4) is 6.07 Å². The minimum absolute atomic E-state index is 0.377. The van der Waals surface area contributed by atoms with Crippen LogP contribution in [-0.4, -0.2) is 22.6 Å². The van der Waals surface area contributed by atoms with Crippen molar-refractivity contribution in [2.45, 2.75) is 64.0 Å². The number of nitrogens with one attached hydrogen (secondary N) is 1. The Bertz CT molecular complexity index is 235. The monoisotopic (exact) mass is 242 g/mol. The molecule has 3 heteroatoms. The molecule has 0 saturated heterocycles. The molecular formula is C13H26N2S. The lowest BCUT2D eigenvalue weighted by molar-refractivity contribution is 0.428. The smallest absolute Gasteiger partial charge is 0.104 e. The third kappa shape index (κ3) is 5.77. The lowest BCUT2D eigenvalue weighted by Crippen LogP contribution is -2.42. The minimum atomic E-state index is -0.377. The quantitative estimate of drug-likeness (QED) is 0.743. The molecule has 0 aliphatic heterocycles. The molecule has 0 aliphatic rings. The summed E-state index contributed by atoms with van der Waals surface area (Å²) in [6.07, 6.45) is 0.902. The first kappa shape index (κ1) is 15.8. The average molecular weight is 242 g/mol. The van der Waals surface area contributed by atoms with E-state index in [2.05, 4.69) is 39.1 Å². The van der Waals surface area contributed by atoms with Crippen molar-refractivity contribution in [3.05, 3.63) is 0 Å². The molecule has 0 aliphatic carbocycles. The van der Waals surface area contributed by atoms with Gasteiger partial charge in [-0.25, -0.2) is 0 Å². The number of thioether (sulfide) groups is 1. The Morgan fingerprint density at radius 2 is 1.88 bits per heavy atom. The van der Waals surface area contributed by atoms with Crippen LogP contribution < -0.4 is 5.32 Å². The number of hydrogen-bond acceptors (Lipinski definition) is 3. The summed E-state index contributed by atoms with van der Waals surface area (Å²) < 4.78 is 0. The summed E-state index contributed by atoms with van der Waals surface area (Å²) in [5.41, 5.74) is -0.377. The molecule has 2 nitrogen and oxygen atoms in total. The van der Waals surface area contributed by atoms with Crippen LogP contribution in [0.15, 0.2) is 0 Å². The molecule has 0 spiro atoms. The molecule has 0 fully saturated rings. The van der Waals surface area contributed by atoms with Gasteiger partial charge in [0.15, 0.2) is 0 Å². The zero-order valence-corrected chi connectivity index (χ0v) is 12.3. The standard InChI is InChI=1S/C13H26N2S/c1-7-15-13(6,9-14)8-11(4)16-12(5)10(2)3/h10-12,15H,7-8H2,1-6H3. The van der Waals surface area contributed by atoms with E-state index >= 15 is 0 Å². The zero-order valence-electron chi connectivity index (χ0n) is 11.5. The second kappa shape index (κ2) is 7.19. The molecule has 3 unspecified atom stereocenters. The molecule has 3 atom stereocenters. The van der Waals surface area contributed by atoms with Gasteiger partial charge in [-0.1, -0.05) is 34.6 Å². The van der Waals surface area contributed by atoms with Gasteiger partial charge in [0, 0.05) is 10.5 Å². The van der Waals surface area contributed by atoms with E-state index in [1.807, 2.05) is 25.6 Å². The van der Waals surface area contributed by atoms with Gasteiger partial charge < -0.3 is 0 Å². The van der Waals surface area contributed by atoms with E-state index < -0.39 is 0 Å². The summed E-state index contributed by atoms with van der Waals surface area (Å²) in [5.74, 6) is 0.694. The fourth-order valence-corrected chi connectivity index (χ4v) is 3.17. The lowest BCUT2D eigenvalue weighted by Gasteiger charge is -2.28. The van der Waals surface area contributed by atoms with Gasteiger partial charge in [0.2, 0.25) is 0 Å². The molecule has 0 rings (SSSR count). The second-order valence-electron chi connectivity index (χ2n) is 5.07. The molecule has 0 radical (unpaired) electrons. The van der Waals surface area contributed by atoms with E-state index in [0.29, 0.717) is 16.4 Å². The normalized spacial score (nSPS) is 18.9. The topological polar surface area (TPSA) is 35.8 Å². The third-order valence-electron chi connectivity index (χ3n) is 2.90. The first-order valence-corrected chi connectivity index (χ1v) is 7.10. The van der Waals surface area contributed by atoms with E-state index in [4.69, 9.17) is 0 Å². The van der Waals surface area contributed by atoms with Gasteiger partial charge in [0.05, 0.1) is 6.07 Å². The lowest BCUT2D eigenvalue weighted by atomic mass is 9.98. The van der Waals surface area contributed by atoms with Crippen LogP contribution in [0.3, 0.4) is 0 Å². The zero-order chi connectivity index (χ0) is 12.8. The molecule has 94 valence electrons. The fraction of sp³-hybridized carbons (Fsp3) is 0.923. The van der Waals surface area contributed by atoms with Crippen LogP contribution in [0, 0.1) is 17.2 Å². The largest absolute Gasteiger partial charge is 0.300 e. The first-order valence-electron chi connectivity index (χ1n) is 6.16. The van der Waals surface area contributed by atoms with Crippen molar-refractivity contribution < 1.29 is 0 Å². The number of rotatable bonds is 7. The van der Waals surface area contributed by atoms with Gasteiger partial charge in [-0.2, -0.15) is 17.0 Å². The fourth-order valence-electron chi connectivity index (χ4n) is 1.69. The van der Waals surface area contributed by atoms with Crippen LogP contribution in [-0.2, 0) is 0 Å². The maximum Gasteiger partial charge on any atom is 0.104 e. The summed E-state index contributed by atoms with van der Waals surface area (Å²) in [6.45, 7) is 13.9. The molecule has 0 aromatic carbocycles. The van der Waals surface area contributed by atoms with Gasteiger partial charge in [-0.15, -0.1) is 0 Å². The number of nitriles is 1. The highest BCUT2D eigenvalue weighted by Gasteiger charge is 2.26. The minimum Gasteiger partial charge on any atom is -0.300 e. The molecule has 0 bridgehead atoms. The molecule has 0 heterocycles. The highest BCUT2D eigenvalue weighted by Crippen LogP contribution is 2.28. The van der Waals surface area contributed by atoms with Gasteiger partial charge in [-0.3, -0.25) is 5.32 Å².